The van der Waals surface area contributed by atoms with Crippen LogP contribution in [-0.2, 0) is 0 Å². The lowest BCUT2D eigenvalue weighted by molar-refractivity contribution is 0.583. The highest BCUT2D eigenvalue weighted by molar-refractivity contribution is 9.10. The van der Waals surface area contributed by atoms with E-state index in [0.29, 0.717) is 5.92 Å². The maximum Gasteiger partial charge on any atom is 0.180 e. The molecule has 0 aliphatic carbocycles. The molecule has 0 unspecified atom stereocenters. The molecule has 0 bridgehead atoms. The van der Waals surface area contributed by atoms with E-state index in [4.69, 9.17) is 0 Å². The molecule has 0 saturated heterocycles. The Balaban J connectivity index is 2.30. The van der Waals surface area contributed by atoms with E-state index in [-0.39, 0.29) is 0 Å². The van der Waals surface area contributed by atoms with Crippen molar-refractivity contribution in [1.29, 1.82) is 0 Å². The van der Waals surface area contributed by atoms with E-state index in [1.807, 2.05) is 16.8 Å². The van der Waals surface area contributed by atoms with Gasteiger partial charge < -0.3 is 9.30 Å². The first-order valence-corrected chi connectivity index (χ1v) is 6.57. The zero-order valence-corrected chi connectivity index (χ0v) is 12.0. The highest BCUT2D eigenvalue weighted by atomic mass is 79.9. The molecule has 0 atom stereocenters. The van der Waals surface area contributed by atoms with Gasteiger partial charge in [-0.15, -0.1) is 0 Å². The summed E-state index contributed by atoms with van der Waals surface area (Å²) < 4.78 is 2.81. The third kappa shape index (κ3) is 2.77. The molecule has 0 radical (unpaired) electrons. The summed E-state index contributed by atoms with van der Waals surface area (Å²) >= 11 is 3.43. The Morgan fingerprint density at radius 1 is 1.47 bits per heavy atom. The van der Waals surface area contributed by atoms with Crippen molar-refractivity contribution in [2.45, 2.75) is 20.3 Å². The summed E-state index contributed by atoms with van der Waals surface area (Å²) in [4.78, 5) is 11.0. The van der Waals surface area contributed by atoms with Gasteiger partial charge in [-0.05, 0) is 28.3 Å². The summed E-state index contributed by atoms with van der Waals surface area (Å²) in [5.41, 5.74) is 0.902. The van der Waals surface area contributed by atoms with Crippen LogP contribution in [0.3, 0.4) is 0 Å². The molecule has 0 aliphatic heterocycles. The second-order valence-corrected chi connectivity index (χ2v) is 5.46. The van der Waals surface area contributed by atoms with Crippen LogP contribution >= 0.6 is 15.9 Å². The lowest BCUT2D eigenvalue weighted by Gasteiger charge is -2.19. The van der Waals surface area contributed by atoms with Crippen molar-refractivity contribution in [3.63, 3.8) is 0 Å². The maximum absolute atomic E-state index is 4.51. The lowest BCUT2D eigenvalue weighted by Crippen LogP contribution is -2.22. The molecule has 2 aromatic rings. The Hall–Kier alpha value is -1.10. The van der Waals surface area contributed by atoms with Crippen LogP contribution in [0.5, 0.6) is 0 Å². The molecule has 2 aromatic heterocycles. The normalized spacial score (nSPS) is 11.4. The number of hydrogen-bond acceptors (Lipinski definition) is 3. The topological polar surface area (TPSA) is 33.4 Å². The number of nitrogens with zero attached hydrogens (tertiary/aromatic N) is 4. The third-order valence-corrected chi connectivity index (χ3v) is 3.11. The van der Waals surface area contributed by atoms with E-state index in [0.717, 1.165) is 29.0 Å². The van der Waals surface area contributed by atoms with Crippen LogP contribution in [0.2, 0.25) is 0 Å². The Bertz CT molecular complexity index is 506. The Morgan fingerprint density at radius 2 is 2.24 bits per heavy atom. The van der Waals surface area contributed by atoms with Crippen molar-refractivity contribution in [2.24, 2.45) is 5.92 Å². The van der Waals surface area contributed by atoms with E-state index in [9.17, 15) is 0 Å². The minimum Gasteiger partial charge on any atom is -0.357 e. The third-order valence-electron chi connectivity index (χ3n) is 2.73. The van der Waals surface area contributed by atoms with Crippen LogP contribution in [0, 0.1) is 5.92 Å². The van der Waals surface area contributed by atoms with E-state index in [1.165, 1.54) is 0 Å². The number of aromatic nitrogens is 3. The number of imidazole rings is 1. The van der Waals surface area contributed by atoms with Gasteiger partial charge in [0, 0.05) is 32.2 Å². The van der Waals surface area contributed by atoms with Crippen LogP contribution in [0.15, 0.2) is 23.2 Å². The zero-order valence-electron chi connectivity index (χ0n) is 10.4. The molecule has 2 rings (SSSR count). The summed E-state index contributed by atoms with van der Waals surface area (Å²) in [5.74, 6) is 1.62. The molecule has 0 aromatic carbocycles. The average Bonchev–Trinajstić information content (AvgIpc) is 2.72. The van der Waals surface area contributed by atoms with Crippen LogP contribution in [-0.4, -0.2) is 28.0 Å². The molecular formula is C12H17BrN4. The molecule has 0 fully saturated rings. The number of rotatable bonds is 4. The number of anilines is 1. The first-order valence-electron chi connectivity index (χ1n) is 5.78. The predicted octanol–water partition coefficient (Wildman–Crippen LogP) is 2.97. The summed E-state index contributed by atoms with van der Waals surface area (Å²) in [6, 6.07) is 0. The van der Waals surface area contributed by atoms with Crippen molar-refractivity contribution in [2.75, 3.05) is 18.5 Å². The zero-order chi connectivity index (χ0) is 12.4. The highest BCUT2D eigenvalue weighted by Crippen LogP contribution is 2.20. The van der Waals surface area contributed by atoms with Crippen molar-refractivity contribution >= 4 is 27.4 Å². The van der Waals surface area contributed by atoms with Gasteiger partial charge in [0.1, 0.15) is 4.60 Å². The van der Waals surface area contributed by atoms with Gasteiger partial charge in [0.15, 0.2) is 11.5 Å². The van der Waals surface area contributed by atoms with E-state index in [1.54, 1.807) is 6.20 Å². The molecular weight excluding hydrogens is 280 g/mol. The van der Waals surface area contributed by atoms with Gasteiger partial charge in [0.2, 0.25) is 0 Å². The van der Waals surface area contributed by atoms with Gasteiger partial charge in [-0.25, -0.2) is 9.97 Å². The molecule has 92 valence electrons. The average molecular weight is 297 g/mol. The molecule has 0 spiro atoms. The quantitative estimate of drug-likeness (QED) is 0.870. The monoisotopic (exact) mass is 296 g/mol. The number of hydrogen-bond donors (Lipinski definition) is 0. The second-order valence-electron chi connectivity index (χ2n) is 4.65. The SMILES string of the molecule is CC(C)CCN(C)c1nc(Br)cn2ccnc12. The molecule has 5 heteroatoms. The summed E-state index contributed by atoms with van der Waals surface area (Å²) in [6.07, 6.45) is 6.80. The fraction of sp³-hybridized carbons (Fsp3) is 0.500. The fourth-order valence-corrected chi connectivity index (χ4v) is 2.09. The largest absolute Gasteiger partial charge is 0.357 e. The van der Waals surface area contributed by atoms with Crippen LogP contribution in [0.4, 0.5) is 5.82 Å². The number of fused-ring (bicyclic) bond motifs is 1. The van der Waals surface area contributed by atoms with Crippen LogP contribution in [0.25, 0.3) is 5.65 Å². The number of halogens is 1. The van der Waals surface area contributed by atoms with Gasteiger partial charge in [-0.2, -0.15) is 0 Å². The van der Waals surface area contributed by atoms with Crippen molar-refractivity contribution in [3.05, 3.63) is 23.2 Å². The summed E-state index contributed by atoms with van der Waals surface area (Å²) in [6.45, 7) is 5.45. The van der Waals surface area contributed by atoms with Gasteiger partial charge in [0.05, 0.1) is 0 Å². The molecule has 17 heavy (non-hydrogen) atoms. The van der Waals surface area contributed by atoms with Crippen molar-refractivity contribution < 1.29 is 0 Å². The van der Waals surface area contributed by atoms with Gasteiger partial charge in [0.25, 0.3) is 0 Å². The molecule has 0 aliphatic rings. The Morgan fingerprint density at radius 3 is 2.94 bits per heavy atom. The van der Waals surface area contributed by atoms with Crippen molar-refractivity contribution in [3.8, 4) is 0 Å². The Labute approximate surface area is 110 Å². The molecule has 0 saturated carbocycles. The summed E-state index contributed by atoms with van der Waals surface area (Å²) in [7, 11) is 2.06. The van der Waals surface area contributed by atoms with Gasteiger partial charge >= 0.3 is 0 Å². The molecule has 0 N–H and O–H groups in total. The first kappa shape index (κ1) is 12.4. The lowest BCUT2D eigenvalue weighted by atomic mass is 10.1. The minimum atomic E-state index is 0.695. The minimum absolute atomic E-state index is 0.695. The van der Waals surface area contributed by atoms with Crippen LogP contribution < -0.4 is 4.90 Å². The maximum atomic E-state index is 4.51. The van der Waals surface area contributed by atoms with Gasteiger partial charge in [-0.1, -0.05) is 13.8 Å². The second kappa shape index (κ2) is 5.04. The molecule has 2 heterocycles. The molecule has 4 nitrogen and oxygen atoms in total. The smallest absolute Gasteiger partial charge is 0.180 e. The van der Waals surface area contributed by atoms with E-state index in [2.05, 4.69) is 51.7 Å². The summed E-state index contributed by atoms with van der Waals surface area (Å²) in [5, 5.41) is 0. The fourth-order valence-electron chi connectivity index (χ4n) is 1.70. The van der Waals surface area contributed by atoms with Crippen molar-refractivity contribution in [1.82, 2.24) is 14.4 Å². The van der Waals surface area contributed by atoms with Crippen LogP contribution in [0.1, 0.15) is 20.3 Å². The predicted molar refractivity (Wildman–Crippen MR) is 73.4 cm³/mol. The molecule has 0 amide bonds. The first-order chi connectivity index (χ1) is 8.08. The van der Waals surface area contributed by atoms with E-state index >= 15 is 0 Å². The van der Waals surface area contributed by atoms with E-state index < -0.39 is 0 Å². The van der Waals surface area contributed by atoms with Gasteiger partial charge in [-0.3, -0.25) is 0 Å². The Kier molecular flexibility index (Phi) is 3.66. The highest BCUT2D eigenvalue weighted by Gasteiger charge is 2.11. The standard InChI is InChI=1S/C12H17BrN4/c1-9(2)4-6-16(3)12-11-14-5-7-17(11)8-10(13)15-12/h5,7-9H,4,6H2,1-3H3.